The van der Waals surface area contributed by atoms with Crippen LogP contribution in [-0.4, -0.2) is 60.9 Å². The lowest BCUT2D eigenvalue weighted by molar-refractivity contribution is -0.118. The van der Waals surface area contributed by atoms with Crippen LogP contribution in [0.5, 0.6) is 5.75 Å². The van der Waals surface area contributed by atoms with E-state index in [1.807, 2.05) is 12.1 Å². The highest BCUT2D eigenvalue weighted by Crippen LogP contribution is 2.20. The lowest BCUT2D eigenvalue weighted by Crippen LogP contribution is -2.46. The van der Waals surface area contributed by atoms with E-state index in [0.29, 0.717) is 12.3 Å². The topological polar surface area (TPSA) is 64.6 Å². The Hall–Kier alpha value is -1.24. The van der Waals surface area contributed by atoms with Crippen molar-refractivity contribution < 1.29 is 9.90 Å². The van der Waals surface area contributed by atoms with E-state index >= 15 is 0 Å². The lowest BCUT2D eigenvalue weighted by Gasteiger charge is -2.27. The van der Waals surface area contributed by atoms with Gasteiger partial charge in [0, 0.05) is 44.2 Å². The van der Waals surface area contributed by atoms with E-state index in [1.165, 1.54) is 11.8 Å². The Morgan fingerprint density at radius 3 is 2.70 bits per heavy atom. The molecule has 1 fully saturated rings. The predicted octanol–water partition coefficient (Wildman–Crippen LogP) is 0.506. The van der Waals surface area contributed by atoms with Gasteiger partial charge in [0.05, 0.1) is 5.75 Å². The molecule has 1 aliphatic rings. The maximum absolute atomic E-state index is 11.7. The molecule has 5 nitrogen and oxygen atoms in total. The van der Waals surface area contributed by atoms with E-state index < -0.39 is 0 Å². The van der Waals surface area contributed by atoms with Crippen molar-refractivity contribution in [2.24, 2.45) is 0 Å². The summed E-state index contributed by atoms with van der Waals surface area (Å²) >= 11 is 1.48. The average Bonchev–Trinajstić information content (AvgIpc) is 2.48. The second-order valence-corrected chi connectivity index (χ2v) is 5.77. The third kappa shape index (κ3) is 5.40. The molecule has 1 heterocycles. The molecule has 0 radical (unpaired) electrons. The molecule has 1 amide bonds. The van der Waals surface area contributed by atoms with Crippen LogP contribution in [0.15, 0.2) is 29.2 Å². The fourth-order valence-corrected chi connectivity index (χ4v) is 2.76. The van der Waals surface area contributed by atoms with Gasteiger partial charge in [0.2, 0.25) is 5.91 Å². The van der Waals surface area contributed by atoms with Crippen molar-refractivity contribution in [1.82, 2.24) is 15.5 Å². The molecule has 1 aromatic carbocycles. The van der Waals surface area contributed by atoms with E-state index in [-0.39, 0.29) is 11.7 Å². The molecule has 1 saturated heterocycles. The first-order valence-corrected chi connectivity index (χ1v) is 7.84. The molecule has 3 N–H and O–H groups in total. The lowest BCUT2D eigenvalue weighted by atomic mass is 10.3. The summed E-state index contributed by atoms with van der Waals surface area (Å²) in [6, 6.07) is 6.89. The van der Waals surface area contributed by atoms with Gasteiger partial charge in [0.25, 0.3) is 0 Å². The zero-order valence-electron chi connectivity index (χ0n) is 11.5. The molecular weight excluding hydrogens is 274 g/mol. The molecule has 2 rings (SSSR count). The van der Waals surface area contributed by atoms with E-state index in [4.69, 9.17) is 0 Å². The molecule has 110 valence electrons. The summed E-state index contributed by atoms with van der Waals surface area (Å²) in [6.07, 6.45) is 0. The number of amides is 1. The van der Waals surface area contributed by atoms with Gasteiger partial charge in [0.1, 0.15) is 5.75 Å². The number of hydrogen-bond acceptors (Lipinski definition) is 5. The van der Waals surface area contributed by atoms with Gasteiger partial charge in [-0.2, -0.15) is 0 Å². The first-order valence-electron chi connectivity index (χ1n) is 6.85. The summed E-state index contributed by atoms with van der Waals surface area (Å²) in [5.41, 5.74) is 0. The molecule has 1 aromatic rings. The largest absolute Gasteiger partial charge is 0.508 e. The van der Waals surface area contributed by atoms with E-state index in [0.717, 1.165) is 37.6 Å². The van der Waals surface area contributed by atoms with Gasteiger partial charge in [0.15, 0.2) is 0 Å². The molecule has 0 atom stereocenters. The SMILES string of the molecule is O=C(CSc1ccc(O)cc1)NCCN1CCNCC1. The summed E-state index contributed by atoms with van der Waals surface area (Å²) in [6.45, 7) is 5.79. The summed E-state index contributed by atoms with van der Waals surface area (Å²) in [5, 5.41) is 15.4. The van der Waals surface area contributed by atoms with Gasteiger partial charge in [-0.3, -0.25) is 9.69 Å². The van der Waals surface area contributed by atoms with Crippen molar-refractivity contribution in [1.29, 1.82) is 0 Å². The summed E-state index contributed by atoms with van der Waals surface area (Å²) in [5.74, 6) is 0.708. The molecule has 6 heteroatoms. The van der Waals surface area contributed by atoms with E-state index in [9.17, 15) is 9.90 Å². The van der Waals surface area contributed by atoms with Crippen molar-refractivity contribution in [3.8, 4) is 5.75 Å². The summed E-state index contributed by atoms with van der Waals surface area (Å²) in [4.78, 5) is 15.1. The molecular formula is C14H21N3O2S. The number of nitrogens with zero attached hydrogens (tertiary/aromatic N) is 1. The van der Waals surface area contributed by atoms with Crippen LogP contribution < -0.4 is 10.6 Å². The number of phenols is 1. The van der Waals surface area contributed by atoms with Gasteiger partial charge >= 0.3 is 0 Å². The Morgan fingerprint density at radius 1 is 1.30 bits per heavy atom. The number of rotatable bonds is 6. The third-order valence-corrected chi connectivity index (χ3v) is 4.18. The Bertz CT molecular complexity index is 419. The zero-order chi connectivity index (χ0) is 14.2. The molecule has 0 spiro atoms. The molecule has 1 aliphatic heterocycles. The molecule has 0 unspecified atom stereocenters. The molecule has 0 saturated carbocycles. The van der Waals surface area contributed by atoms with E-state index in [2.05, 4.69) is 15.5 Å². The number of nitrogens with one attached hydrogen (secondary N) is 2. The van der Waals surface area contributed by atoms with Crippen LogP contribution >= 0.6 is 11.8 Å². The number of phenolic OH excluding ortho intramolecular Hbond substituents is 1. The number of piperazine rings is 1. The minimum atomic E-state index is 0.0539. The quantitative estimate of drug-likeness (QED) is 0.667. The highest BCUT2D eigenvalue weighted by Gasteiger charge is 2.09. The van der Waals surface area contributed by atoms with Crippen molar-refractivity contribution >= 4 is 17.7 Å². The first-order chi connectivity index (χ1) is 9.74. The number of hydrogen-bond donors (Lipinski definition) is 3. The second kappa shape index (κ2) is 8.14. The fraction of sp³-hybridized carbons (Fsp3) is 0.500. The predicted molar refractivity (Wildman–Crippen MR) is 81.2 cm³/mol. The number of aromatic hydroxyl groups is 1. The monoisotopic (exact) mass is 295 g/mol. The highest BCUT2D eigenvalue weighted by molar-refractivity contribution is 8.00. The molecule has 20 heavy (non-hydrogen) atoms. The van der Waals surface area contributed by atoms with Crippen molar-refractivity contribution in [3.63, 3.8) is 0 Å². The van der Waals surface area contributed by atoms with Crippen LogP contribution in [0, 0.1) is 0 Å². The third-order valence-electron chi connectivity index (χ3n) is 3.17. The van der Waals surface area contributed by atoms with Crippen LogP contribution in [-0.2, 0) is 4.79 Å². The first kappa shape index (κ1) is 15.2. The van der Waals surface area contributed by atoms with Crippen molar-refractivity contribution in [2.75, 3.05) is 45.0 Å². The number of carbonyl (C=O) groups excluding carboxylic acids is 1. The number of thioether (sulfide) groups is 1. The normalized spacial score (nSPS) is 16.0. The van der Waals surface area contributed by atoms with Crippen LogP contribution in [0.4, 0.5) is 0 Å². The highest BCUT2D eigenvalue weighted by atomic mass is 32.2. The van der Waals surface area contributed by atoms with Gasteiger partial charge in [-0.25, -0.2) is 0 Å². The Labute approximate surface area is 123 Å². The minimum absolute atomic E-state index is 0.0539. The van der Waals surface area contributed by atoms with Crippen LogP contribution in [0.25, 0.3) is 0 Å². The minimum Gasteiger partial charge on any atom is -0.508 e. The maximum Gasteiger partial charge on any atom is 0.230 e. The van der Waals surface area contributed by atoms with Gasteiger partial charge in [-0.15, -0.1) is 11.8 Å². The van der Waals surface area contributed by atoms with Gasteiger partial charge in [-0.05, 0) is 24.3 Å². The summed E-state index contributed by atoms with van der Waals surface area (Å²) < 4.78 is 0. The number of carbonyl (C=O) groups is 1. The van der Waals surface area contributed by atoms with Gasteiger partial charge in [-0.1, -0.05) is 0 Å². The molecule has 0 aromatic heterocycles. The van der Waals surface area contributed by atoms with Crippen LogP contribution in [0.1, 0.15) is 0 Å². The standard InChI is InChI=1S/C14H21N3O2S/c18-12-1-3-13(4-2-12)20-11-14(19)16-7-10-17-8-5-15-6-9-17/h1-4,15,18H,5-11H2,(H,16,19). The fourth-order valence-electron chi connectivity index (χ4n) is 2.03. The molecule has 0 aliphatic carbocycles. The maximum atomic E-state index is 11.7. The average molecular weight is 295 g/mol. The Kier molecular flexibility index (Phi) is 6.17. The van der Waals surface area contributed by atoms with Crippen LogP contribution in [0.3, 0.4) is 0 Å². The van der Waals surface area contributed by atoms with Crippen LogP contribution in [0.2, 0.25) is 0 Å². The van der Waals surface area contributed by atoms with Gasteiger partial charge < -0.3 is 15.7 Å². The number of benzene rings is 1. The Balaban J connectivity index is 1.59. The summed E-state index contributed by atoms with van der Waals surface area (Å²) in [7, 11) is 0. The smallest absolute Gasteiger partial charge is 0.230 e. The van der Waals surface area contributed by atoms with E-state index in [1.54, 1.807) is 12.1 Å². The Morgan fingerprint density at radius 2 is 2.00 bits per heavy atom. The molecule has 0 bridgehead atoms. The van der Waals surface area contributed by atoms with Crippen molar-refractivity contribution in [2.45, 2.75) is 4.90 Å². The van der Waals surface area contributed by atoms with Crippen molar-refractivity contribution in [3.05, 3.63) is 24.3 Å². The zero-order valence-corrected chi connectivity index (χ0v) is 12.3. The second-order valence-electron chi connectivity index (χ2n) is 4.72.